The van der Waals surface area contributed by atoms with Crippen molar-refractivity contribution < 1.29 is 44.0 Å². The normalized spacial score (nSPS) is 13.9. The molecule has 9 nitrogen and oxygen atoms in total. The molecule has 1 fully saturated rings. The summed E-state index contributed by atoms with van der Waals surface area (Å²) in [6.45, 7) is 3.11. The van der Waals surface area contributed by atoms with Crippen molar-refractivity contribution in [3.8, 4) is 11.5 Å². The van der Waals surface area contributed by atoms with Crippen molar-refractivity contribution in [2.45, 2.75) is 44.8 Å². The molecule has 224 valence electrons. The van der Waals surface area contributed by atoms with Crippen LogP contribution in [0.1, 0.15) is 42.6 Å². The predicted molar refractivity (Wildman–Crippen MR) is 164 cm³/mol. The van der Waals surface area contributed by atoms with Gasteiger partial charge in [0.05, 0.1) is 11.5 Å². The number of aliphatic carboxylic acids is 3. The Morgan fingerprint density at radius 2 is 1.48 bits per heavy atom. The van der Waals surface area contributed by atoms with Gasteiger partial charge in [-0.1, -0.05) is 62.5 Å². The van der Waals surface area contributed by atoms with E-state index in [-0.39, 0.29) is 11.7 Å². The number of carboxylic acids is 3. The van der Waals surface area contributed by atoms with E-state index in [1.807, 2.05) is 24.3 Å². The zero-order valence-electron chi connectivity index (χ0n) is 22.6. The molecule has 0 heterocycles. The van der Waals surface area contributed by atoms with E-state index in [4.69, 9.17) is 36.4 Å². The van der Waals surface area contributed by atoms with Crippen LogP contribution >= 0.6 is 43.5 Å². The molecule has 0 amide bonds. The van der Waals surface area contributed by atoms with Crippen LogP contribution in [0.4, 0.5) is 0 Å². The Morgan fingerprint density at radius 3 is 1.95 bits per heavy atom. The van der Waals surface area contributed by atoms with Crippen molar-refractivity contribution in [2.75, 3.05) is 0 Å². The van der Waals surface area contributed by atoms with Gasteiger partial charge in [-0.15, -0.1) is 0 Å². The molecule has 1 aliphatic carbocycles. The highest BCUT2D eigenvalue weighted by Crippen LogP contribution is 2.40. The highest BCUT2D eigenvalue weighted by molar-refractivity contribution is 9.10. The minimum Gasteiger partial charge on any atom is -0.481 e. The Kier molecular flexibility index (Phi) is 13.5. The van der Waals surface area contributed by atoms with Gasteiger partial charge in [0.25, 0.3) is 0 Å². The van der Waals surface area contributed by atoms with E-state index in [0.717, 1.165) is 14.5 Å². The van der Waals surface area contributed by atoms with Gasteiger partial charge in [0.15, 0.2) is 12.4 Å². The average molecular weight is 729 g/mol. The summed E-state index contributed by atoms with van der Waals surface area (Å²) < 4.78 is 12.2. The minimum atomic E-state index is -1.07. The summed E-state index contributed by atoms with van der Waals surface area (Å²) in [5.74, 6) is -2.22. The number of carbonyl (C=O) groups is 4. The maximum Gasteiger partial charge on any atom is 0.348 e. The summed E-state index contributed by atoms with van der Waals surface area (Å²) in [4.78, 5) is 42.6. The van der Waals surface area contributed by atoms with Crippen molar-refractivity contribution in [1.82, 2.24) is 0 Å². The molecule has 0 aliphatic heterocycles. The molecule has 0 radical (unpaired) electrons. The lowest BCUT2D eigenvalue weighted by molar-refractivity contribution is -0.147. The third-order valence-corrected chi connectivity index (χ3v) is 7.12. The van der Waals surface area contributed by atoms with E-state index in [2.05, 4.69) is 31.9 Å². The van der Waals surface area contributed by atoms with E-state index < -0.39 is 29.6 Å². The van der Waals surface area contributed by atoms with Crippen LogP contribution in [-0.2, 0) is 20.8 Å². The Balaban J connectivity index is 0.000000221. The van der Waals surface area contributed by atoms with Crippen molar-refractivity contribution in [3.05, 3.63) is 91.8 Å². The van der Waals surface area contributed by atoms with Gasteiger partial charge in [-0.2, -0.15) is 0 Å². The number of hydrogen-bond donors (Lipinski definition) is 3. The molecule has 3 aromatic carbocycles. The van der Waals surface area contributed by atoms with E-state index in [1.54, 1.807) is 49.4 Å². The Bertz CT molecular complexity index is 1370. The summed E-state index contributed by atoms with van der Waals surface area (Å²) in [7, 11) is 0. The fraction of sp³-hybridized carbons (Fsp3) is 0.267. The SMILES string of the molecule is CC(Cc1ccc(Br)cc1)C(=O)O.CC(Oc1ccc(Br)cc1C=O)C(=O)O.O=C(O)C1(Oc2ccc(Cl)cc2)CC1. The molecule has 2 unspecified atom stereocenters. The van der Waals surface area contributed by atoms with E-state index in [1.165, 1.54) is 6.92 Å². The summed E-state index contributed by atoms with van der Waals surface area (Å²) in [5.41, 5.74) is 0.393. The van der Waals surface area contributed by atoms with Crippen molar-refractivity contribution in [3.63, 3.8) is 0 Å². The summed E-state index contributed by atoms with van der Waals surface area (Å²) in [6.07, 6.45) is 1.37. The summed E-state index contributed by atoms with van der Waals surface area (Å²) in [5, 5.41) is 26.8. The number of hydrogen-bond acceptors (Lipinski definition) is 6. The molecule has 0 saturated heterocycles. The lowest BCUT2D eigenvalue weighted by Gasteiger charge is -2.12. The van der Waals surface area contributed by atoms with Crippen LogP contribution in [0.25, 0.3) is 0 Å². The number of carbonyl (C=O) groups excluding carboxylic acids is 1. The average Bonchev–Trinajstić information content (AvgIpc) is 3.73. The van der Waals surface area contributed by atoms with Gasteiger partial charge < -0.3 is 24.8 Å². The molecular formula is C30H29Br2ClO9. The zero-order valence-corrected chi connectivity index (χ0v) is 26.6. The molecule has 0 bridgehead atoms. The van der Waals surface area contributed by atoms with Gasteiger partial charge >= 0.3 is 17.9 Å². The second kappa shape index (κ2) is 16.3. The molecule has 0 spiro atoms. The first kappa shape index (κ1) is 34.8. The van der Waals surface area contributed by atoms with E-state index in [0.29, 0.717) is 41.9 Å². The number of benzene rings is 3. The van der Waals surface area contributed by atoms with Crippen LogP contribution in [0, 0.1) is 5.92 Å². The van der Waals surface area contributed by atoms with Gasteiger partial charge in [-0.3, -0.25) is 9.59 Å². The quantitative estimate of drug-likeness (QED) is 0.185. The lowest BCUT2D eigenvalue weighted by atomic mass is 10.0. The smallest absolute Gasteiger partial charge is 0.348 e. The molecular weight excluding hydrogens is 700 g/mol. The largest absolute Gasteiger partial charge is 0.481 e. The van der Waals surface area contributed by atoms with Crippen molar-refractivity contribution in [1.29, 1.82) is 0 Å². The molecule has 3 N–H and O–H groups in total. The highest BCUT2D eigenvalue weighted by Gasteiger charge is 2.53. The molecule has 1 aliphatic rings. The fourth-order valence-electron chi connectivity index (χ4n) is 3.22. The van der Waals surface area contributed by atoms with Crippen LogP contribution < -0.4 is 9.47 Å². The number of carboxylic acid groups (broad SMARTS) is 3. The maximum absolute atomic E-state index is 10.8. The second-order valence-corrected chi connectivity index (χ2v) is 11.6. The van der Waals surface area contributed by atoms with Crippen molar-refractivity contribution >= 4 is 67.7 Å². The van der Waals surface area contributed by atoms with Crippen LogP contribution in [0.3, 0.4) is 0 Å². The summed E-state index contributed by atoms with van der Waals surface area (Å²) in [6, 6.07) is 19.2. The van der Waals surface area contributed by atoms with Gasteiger partial charge in [0.2, 0.25) is 5.60 Å². The third kappa shape index (κ3) is 11.5. The Morgan fingerprint density at radius 1 is 0.905 bits per heavy atom. The number of rotatable bonds is 10. The first-order chi connectivity index (χ1) is 19.8. The predicted octanol–water partition coefficient (Wildman–Crippen LogP) is 7.16. The molecule has 12 heteroatoms. The van der Waals surface area contributed by atoms with E-state index in [9.17, 15) is 19.2 Å². The highest BCUT2D eigenvalue weighted by atomic mass is 79.9. The lowest BCUT2D eigenvalue weighted by Crippen LogP contribution is -2.28. The Labute approximate surface area is 264 Å². The molecule has 42 heavy (non-hydrogen) atoms. The number of aldehydes is 1. The van der Waals surface area contributed by atoms with Gasteiger partial charge in [0, 0.05) is 26.8 Å². The second-order valence-electron chi connectivity index (χ2n) is 9.32. The van der Waals surface area contributed by atoms with Crippen LogP contribution in [-0.4, -0.2) is 51.2 Å². The Hall–Kier alpha value is -3.41. The van der Waals surface area contributed by atoms with Crippen LogP contribution in [0.2, 0.25) is 5.02 Å². The standard InChI is InChI=1S/C10H9BrO4.C10H11BrO2.C10H9ClO3/c1-6(10(13)14)15-9-3-2-8(11)4-7(9)5-12;1-7(10(12)13)6-8-2-4-9(11)5-3-8;11-7-1-3-8(4-2-7)14-10(5-6-10)9(12)13/h2-6H,1H3,(H,13,14);2-5,7H,6H2,1H3,(H,12,13);1-4H,5-6H2,(H,12,13). The maximum atomic E-state index is 10.8. The van der Waals surface area contributed by atoms with Crippen LogP contribution in [0.15, 0.2) is 75.7 Å². The first-order valence-electron chi connectivity index (χ1n) is 12.6. The zero-order chi connectivity index (χ0) is 31.4. The third-order valence-electron chi connectivity index (χ3n) is 5.85. The topological polar surface area (TPSA) is 147 Å². The first-order valence-corrected chi connectivity index (χ1v) is 14.5. The minimum absolute atomic E-state index is 0.267. The molecule has 1 saturated carbocycles. The van der Waals surface area contributed by atoms with Crippen molar-refractivity contribution in [2.24, 2.45) is 5.92 Å². The van der Waals surface area contributed by atoms with Crippen LogP contribution in [0.5, 0.6) is 11.5 Å². The number of halogens is 3. The molecule has 3 aromatic rings. The summed E-state index contributed by atoms with van der Waals surface area (Å²) >= 11 is 12.2. The monoisotopic (exact) mass is 726 g/mol. The molecule has 0 aromatic heterocycles. The molecule has 2 atom stereocenters. The van der Waals surface area contributed by atoms with Gasteiger partial charge in [0.1, 0.15) is 11.5 Å². The van der Waals surface area contributed by atoms with Gasteiger partial charge in [-0.25, -0.2) is 9.59 Å². The number of ether oxygens (including phenoxy) is 2. The van der Waals surface area contributed by atoms with E-state index >= 15 is 0 Å². The fourth-order valence-corrected chi connectivity index (χ4v) is 3.99. The van der Waals surface area contributed by atoms with Gasteiger partial charge in [-0.05, 0) is 73.5 Å². The molecule has 4 rings (SSSR count).